The maximum atomic E-state index is 11.7. The van der Waals surface area contributed by atoms with Crippen molar-refractivity contribution in [3.63, 3.8) is 0 Å². The van der Waals surface area contributed by atoms with Gasteiger partial charge < -0.3 is 23.2 Å². The van der Waals surface area contributed by atoms with Gasteiger partial charge in [-0.15, -0.1) is 5.14 Å². The van der Waals surface area contributed by atoms with E-state index in [1.165, 1.54) is 0 Å². The second-order valence-corrected chi connectivity index (χ2v) is 7.49. The summed E-state index contributed by atoms with van der Waals surface area (Å²) < 4.78 is 34.1. The molecule has 0 spiro atoms. The maximum absolute atomic E-state index is 11.7. The number of aromatic nitrogens is 1. The Hall–Kier alpha value is -3.20. The third kappa shape index (κ3) is 3.56. The van der Waals surface area contributed by atoms with Crippen molar-refractivity contribution in [1.29, 1.82) is 0 Å². The largest absolute Gasteiger partial charge is 0.593 e. The van der Waals surface area contributed by atoms with Crippen molar-refractivity contribution in [1.82, 2.24) is 4.98 Å². The molecule has 0 saturated heterocycles. The highest BCUT2D eigenvalue weighted by atomic mass is 32.2. The predicted octanol–water partition coefficient (Wildman–Crippen LogP) is 4.17. The van der Waals surface area contributed by atoms with E-state index in [1.54, 1.807) is 39.7 Å². The zero-order chi connectivity index (χ0) is 21.3. The van der Waals surface area contributed by atoms with E-state index in [4.69, 9.17) is 23.8 Å². The third-order valence-corrected chi connectivity index (χ3v) is 5.46. The number of hydrogen-bond donors (Lipinski definition) is 1. The van der Waals surface area contributed by atoms with Gasteiger partial charge in [0.1, 0.15) is 11.3 Å². The molecule has 8 heteroatoms. The van der Waals surface area contributed by atoms with Crippen LogP contribution in [0.15, 0.2) is 64.0 Å². The molecule has 0 fully saturated rings. The van der Waals surface area contributed by atoms with Gasteiger partial charge in [0.05, 0.1) is 32.7 Å². The normalized spacial score (nSPS) is 12.0. The first-order valence-corrected chi connectivity index (χ1v) is 10.2. The van der Waals surface area contributed by atoms with E-state index in [0.29, 0.717) is 39.0 Å². The lowest BCUT2D eigenvalue weighted by Crippen LogP contribution is -2.11. The zero-order valence-electron chi connectivity index (χ0n) is 16.7. The second-order valence-electron chi connectivity index (χ2n) is 6.42. The summed E-state index contributed by atoms with van der Waals surface area (Å²) >= 11 is -1.57. The first-order valence-electron chi connectivity index (χ1n) is 9.01. The number of methoxy groups -OCH3 is 3. The van der Waals surface area contributed by atoms with Gasteiger partial charge in [0.15, 0.2) is 22.0 Å². The van der Waals surface area contributed by atoms with Crippen LogP contribution in [0.25, 0.3) is 33.6 Å². The average molecular weight is 424 g/mol. The minimum absolute atomic E-state index is 0.505. The summed E-state index contributed by atoms with van der Waals surface area (Å²) in [5, 5.41) is 5.53. The van der Waals surface area contributed by atoms with Crippen LogP contribution >= 0.6 is 0 Å². The van der Waals surface area contributed by atoms with E-state index in [2.05, 4.69) is 4.98 Å². The van der Waals surface area contributed by atoms with Crippen LogP contribution in [-0.2, 0) is 11.4 Å². The Bertz CT molecular complexity index is 1180. The lowest BCUT2D eigenvalue weighted by Gasteiger charge is -2.13. The van der Waals surface area contributed by atoms with Crippen molar-refractivity contribution >= 4 is 22.5 Å². The number of pyridine rings is 1. The van der Waals surface area contributed by atoms with Crippen LogP contribution in [-0.4, -0.2) is 30.9 Å². The van der Waals surface area contributed by atoms with Gasteiger partial charge in [0, 0.05) is 29.5 Å². The van der Waals surface area contributed by atoms with E-state index >= 15 is 0 Å². The monoisotopic (exact) mass is 424 g/mol. The molecule has 0 aliphatic carbocycles. The molecule has 0 bridgehead atoms. The van der Waals surface area contributed by atoms with Crippen molar-refractivity contribution < 1.29 is 23.2 Å². The van der Waals surface area contributed by atoms with Crippen molar-refractivity contribution in [2.75, 3.05) is 21.3 Å². The Morgan fingerprint density at radius 1 is 0.933 bits per heavy atom. The fraction of sp³-hybridized carbons (Fsp3) is 0.136. The van der Waals surface area contributed by atoms with Gasteiger partial charge >= 0.3 is 0 Å². The first kappa shape index (κ1) is 20.1. The Balaban J connectivity index is 1.86. The minimum atomic E-state index is -1.57. The van der Waals surface area contributed by atoms with Crippen molar-refractivity contribution in [2.45, 2.75) is 4.90 Å². The SMILES string of the molecule is COc1cc(-c2cc3nccc(-c4cccc([S+](N)[O-])c4)c3o2)cc(OC)c1OC. The van der Waals surface area contributed by atoms with Crippen molar-refractivity contribution in [2.24, 2.45) is 5.14 Å². The summed E-state index contributed by atoms with van der Waals surface area (Å²) in [7, 11) is 4.68. The van der Waals surface area contributed by atoms with Gasteiger partial charge in [0.2, 0.25) is 5.75 Å². The molecule has 1 unspecified atom stereocenters. The second kappa shape index (κ2) is 8.27. The fourth-order valence-electron chi connectivity index (χ4n) is 3.32. The topological polar surface area (TPSA) is 103 Å². The minimum Gasteiger partial charge on any atom is -0.593 e. The molecule has 2 N–H and O–H groups in total. The van der Waals surface area contributed by atoms with Gasteiger partial charge in [-0.25, -0.2) is 0 Å². The van der Waals surface area contributed by atoms with Crippen LogP contribution in [0.4, 0.5) is 0 Å². The number of hydrogen-bond acceptors (Lipinski definition) is 7. The zero-order valence-corrected chi connectivity index (χ0v) is 17.5. The number of furan rings is 1. The lowest BCUT2D eigenvalue weighted by molar-refractivity contribution is 0.324. The molecule has 0 radical (unpaired) electrons. The van der Waals surface area contributed by atoms with Gasteiger partial charge in [-0.3, -0.25) is 4.98 Å². The van der Waals surface area contributed by atoms with Crippen LogP contribution in [0.1, 0.15) is 0 Å². The van der Waals surface area contributed by atoms with E-state index in [0.717, 1.165) is 16.7 Å². The predicted molar refractivity (Wildman–Crippen MR) is 115 cm³/mol. The smallest absolute Gasteiger partial charge is 0.203 e. The Labute approximate surface area is 176 Å². The van der Waals surface area contributed by atoms with Crippen LogP contribution in [0.2, 0.25) is 0 Å². The quantitative estimate of drug-likeness (QED) is 0.463. The standard InChI is InChI=1S/C22H20N2O5S/c1-26-19-10-14(11-20(27-2)22(19)28-3)18-12-17-21(29-18)16(7-8-24-17)13-5-4-6-15(9-13)30(23)25/h4-12H,23H2,1-3H3. The lowest BCUT2D eigenvalue weighted by atomic mass is 10.1. The van der Waals surface area contributed by atoms with E-state index in [-0.39, 0.29) is 0 Å². The average Bonchev–Trinajstić information content (AvgIpc) is 3.22. The van der Waals surface area contributed by atoms with Gasteiger partial charge in [-0.05, 0) is 29.8 Å². The number of benzene rings is 2. The van der Waals surface area contributed by atoms with Crippen LogP contribution < -0.4 is 19.3 Å². The number of fused-ring (bicyclic) bond motifs is 1. The van der Waals surface area contributed by atoms with Crippen LogP contribution in [0.5, 0.6) is 17.2 Å². The molecule has 2 aromatic carbocycles. The van der Waals surface area contributed by atoms with Gasteiger partial charge in [-0.1, -0.05) is 12.1 Å². The van der Waals surface area contributed by atoms with E-state index < -0.39 is 11.4 Å². The van der Waals surface area contributed by atoms with Gasteiger partial charge in [0.25, 0.3) is 0 Å². The Morgan fingerprint density at radius 2 is 1.67 bits per heavy atom. The molecular formula is C22H20N2O5S. The molecule has 2 aromatic heterocycles. The Kier molecular flexibility index (Phi) is 5.54. The molecular weight excluding hydrogens is 404 g/mol. The summed E-state index contributed by atoms with van der Waals surface area (Å²) in [5.41, 5.74) is 3.72. The number of ether oxygens (including phenoxy) is 3. The van der Waals surface area contributed by atoms with Crippen LogP contribution in [0.3, 0.4) is 0 Å². The molecule has 0 aliphatic heterocycles. The molecule has 154 valence electrons. The van der Waals surface area contributed by atoms with Crippen LogP contribution in [0, 0.1) is 0 Å². The molecule has 30 heavy (non-hydrogen) atoms. The van der Waals surface area contributed by atoms with Gasteiger partial charge in [-0.2, -0.15) is 0 Å². The van der Waals surface area contributed by atoms with Crippen molar-refractivity contribution in [3.05, 3.63) is 54.7 Å². The fourth-order valence-corrected chi connectivity index (χ4v) is 3.78. The molecule has 4 aromatic rings. The molecule has 0 saturated carbocycles. The number of rotatable bonds is 6. The summed E-state index contributed by atoms with van der Waals surface area (Å²) in [6.45, 7) is 0. The van der Waals surface area contributed by atoms with E-state index in [1.807, 2.05) is 36.4 Å². The highest BCUT2D eigenvalue weighted by Gasteiger charge is 2.18. The summed E-state index contributed by atoms with van der Waals surface area (Å²) in [6.07, 6.45) is 1.71. The van der Waals surface area contributed by atoms with Crippen molar-refractivity contribution in [3.8, 4) is 39.7 Å². The molecule has 2 heterocycles. The maximum Gasteiger partial charge on any atom is 0.203 e. The summed E-state index contributed by atoms with van der Waals surface area (Å²) in [6, 6.07) is 14.6. The molecule has 4 rings (SSSR count). The molecule has 0 amide bonds. The number of nitrogens with zero attached hydrogens (tertiary/aromatic N) is 1. The molecule has 7 nitrogen and oxygen atoms in total. The first-order chi connectivity index (χ1) is 14.5. The molecule has 1 atom stereocenters. The highest BCUT2D eigenvalue weighted by molar-refractivity contribution is 7.89. The molecule has 0 aliphatic rings. The summed E-state index contributed by atoms with van der Waals surface area (Å²) in [4.78, 5) is 4.96. The summed E-state index contributed by atoms with van der Waals surface area (Å²) in [5.74, 6) is 2.16. The van der Waals surface area contributed by atoms with E-state index in [9.17, 15) is 4.55 Å². The third-order valence-electron chi connectivity index (χ3n) is 4.74. The highest BCUT2D eigenvalue weighted by Crippen LogP contribution is 2.42. The number of nitrogens with two attached hydrogens (primary N) is 1. The Morgan fingerprint density at radius 3 is 2.30 bits per heavy atom.